The number of nitriles is 1. The standard InChI is InChI=1S/C23H23F2N3O4/c1-23(2,3)32-22(30)28-11-15(9-16(28)12-29)19-6-5-17(24)20(27-19)13-31-21-7-4-14(10-26)8-18(21)25/h4-9,16,29H,11-13H2,1-3H3. The Bertz CT molecular complexity index is 1090. The van der Waals surface area contributed by atoms with Crippen molar-refractivity contribution in [2.75, 3.05) is 13.2 Å². The monoisotopic (exact) mass is 443 g/mol. The van der Waals surface area contributed by atoms with Crippen LogP contribution in [-0.2, 0) is 11.3 Å². The minimum atomic E-state index is -0.738. The third-order valence-corrected chi connectivity index (χ3v) is 4.62. The topological polar surface area (TPSA) is 95.7 Å². The Hall–Kier alpha value is -3.51. The van der Waals surface area contributed by atoms with Gasteiger partial charge < -0.3 is 14.6 Å². The van der Waals surface area contributed by atoms with E-state index in [2.05, 4.69) is 4.98 Å². The van der Waals surface area contributed by atoms with Crippen LogP contribution in [0.15, 0.2) is 36.4 Å². The fourth-order valence-corrected chi connectivity index (χ4v) is 3.11. The lowest BCUT2D eigenvalue weighted by Crippen LogP contribution is -2.41. The van der Waals surface area contributed by atoms with Gasteiger partial charge in [-0.25, -0.2) is 18.6 Å². The van der Waals surface area contributed by atoms with Gasteiger partial charge in [0, 0.05) is 0 Å². The zero-order valence-corrected chi connectivity index (χ0v) is 17.9. The predicted octanol–water partition coefficient (Wildman–Crippen LogP) is 3.81. The number of aliphatic hydroxyl groups excluding tert-OH is 1. The number of amides is 1. The van der Waals surface area contributed by atoms with Crippen molar-refractivity contribution >= 4 is 11.7 Å². The SMILES string of the molecule is CC(C)(C)OC(=O)N1CC(c2ccc(F)c(COc3ccc(C#N)cc3F)n2)=CC1CO. The van der Waals surface area contributed by atoms with Gasteiger partial charge in [-0.2, -0.15) is 5.26 Å². The quantitative estimate of drug-likeness (QED) is 0.755. The molecular formula is C23H23F2N3O4. The summed E-state index contributed by atoms with van der Waals surface area (Å²) < 4.78 is 39.0. The second kappa shape index (κ2) is 9.32. The first-order chi connectivity index (χ1) is 15.1. The van der Waals surface area contributed by atoms with E-state index >= 15 is 0 Å². The second-order valence-electron chi connectivity index (χ2n) is 8.22. The van der Waals surface area contributed by atoms with Crippen molar-refractivity contribution < 1.29 is 28.2 Å². The van der Waals surface area contributed by atoms with Crippen LogP contribution < -0.4 is 4.74 Å². The fraction of sp³-hybridized carbons (Fsp3) is 0.348. The first-order valence-corrected chi connectivity index (χ1v) is 9.90. The van der Waals surface area contributed by atoms with Crippen LogP contribution in [0.2, 0.25) is 0 Å². The molecule has 0 radical (unpaired) electrons. The van der Waals surface area contributed by atoms with E-state index in [-0.39, 0.29) is 36.8 Å². The van der Waals surface area contributed by atoms with Gasteiger partial charge in [0.25, 0.3) is 0 Å². The number of carbonyl (C=O) groups is 1. The Labute approximate surface area is 184 Å². The average molecular weight is 443 g/mol. The summed E-state index contributed by atoms with van der Waals surface area (Å²) in [7, 11) is 0. The number of pyridine rings is 1. The molecule has 32 heavy (non-hydrogen) atoms. The van der Waals surface area contributed by atoms with Crippen LogP contribution in [0.25, 0.3) is 5.57 Å². The first-order valence-electron chi connectivity index (χ1n) is 9.90. The van der Waals surface area contributed by atoms with Crippen molar-refractivity contribution in [3.63, 3.8) is 0 Å². The van der Waals surface area contributed by atoms with E-state index in [1.807, 2.05) is 6.07 Å². The van der Waals surface area contributed by atoms with Crippen LogP contribution in [0.1, 0.15) is 37.7 Å². The molecule has 9 heteroatoms. The molecular weight excluding hydrogens is 420 g/mol. The van der Waals surface area contributed by atoms with Gasteiger partial charge in [0.05, 0.1) is 36.5 Å². The molecule has 1 unspecified atom stereocenters. The molecule has 2 aromatic rings. The van der Waals surface area contributed by atoms with Crippen molar-refractivity contribution in [1.82, 2.24) is 9.88 Å². The predicted molar refractivity (Wildman–Crippen MR) is 111 cm³/mol. The van der Waals surface area contributed by atoms with Crippen molar-refractivity contribution in [3.05, 3.63) is 65.0 Å². The largest absolute Gasteiger partial charge is 0.484 e. The maximum absolute atomic E-state index is 14.3. The highest BCUT2D eigenvalue weighted by Gasteiger charge is 2.33. The summed E-state index contributed by atoms with van der Waals surface area (Å²) in [6.45, 7) is 4.71. The van der Waals surface area contributed by atoms with E-state index in [4.69, 9.17) is 14.7 Å². The third-order valence-electron chi connectivity index (χ3n) is 4.62. The number of ether oxygens (including phenoxy) is 2. The smallest absolute Gasteiger partial charge is 0.411 e. The number of hydrogen-bond acceptors (Lipinski definition) is 6. The molecule has 1 aliphatic rings. The molecule has 7 nitrogen and oxygen atoms in total. The lowest BCUT2D eigenvalue weighted by Gasteiger charge is -2.27. The zero-order chi connectivity index (χ0) is 23.5. The summed E-state index contributed by atoms with van der Waals surface area (Å²) in [5.41, 5.74) is 0.403. The highest BCUT2D eigenvalue weighted by molar-refractivity contribution is 5.77. The number of rotatable bonds is 5. The molecule has 3 rings (SSSR count). The zero-order valence-electron chi connectivity index (χ0n) is 17.9. The molecule has 1 amide bonds. The van der Waals surface area contributed by atoms with Gasteiger partial charge in [-0.1, -0.05) is 6.08 Å². The Morgan fingerprint density at radius 3 is 2.66 bits per heavy atom. The van der Waals surface area contributed by atoms with Crippen LogP contribution in [0.5, 0.6) is 5.75 Å². The Balaban J connectivity index is 1.76. The minimum absolute atomic E-state index is 0.0524. The molecule has 1 atom stereocenters. The molecule has 0 aliphatic carbocycles. The summed E-state index contributed by atoms with van der Waals surface area (Å²) in [5.74, 6) is -1.51. The highest BCUT2D eigenvalue weighted by Crippen LogP contribution is 2.27. The Morgan fingerprint density at radius 1 is 1.28 bits per heavy atom. The number of aromatic nitrogens is 1. The molecule has 0 spiro atoms. The normalized spacial score (nSPS) is 15.8. The van der Waals surface area contributed by atoms with E-state index in [9.17, 15) is 18.7 Å². The van der Waals surface area contributed by atoms with E-state index in [0.717, 1.165) is 6.07 Å². The summed E-state index contributed by atoms with van der Waals surface area (Å²) in [6.07, 6.45) is 1.10. The highest BCUT2D eigenvalue weighted by atomic mass is 19.1. The fourth-order valence-electron chi connectivity index (χ4n) is 3.11. The van der Waals surface area contributed by atoms with E-state index < -0.39 is 29.4 Å². The summed E-state index contributed by atoms with van der Waals surface area (Å²) in [4.78, 5) is 18.1. The molecule has 0 saturated carbocycles. The average Bonchev–Trinajstić information content (AvgIpc) is 3.17. The Morgan fingerprint density at radius 2 is 2.03 bits per heavy atom. The summed E-state index contributed by atoms with van der Waals surface area (Å²) in [6, 6.07) is 7.60. The molecule has 0 saturated heterocycles. The minimum Gasteiger partial charge on any atom is -0.484 e. The molecule has 1 aromatic carbocycles. The molecule has 2 heterocycles. The third kappa shape index (κ3) is 5.39. The van der Waals surface area contributed by atoms with Gasteiger partial charge in [0.15, 0.2) is 11.6 Å². The van der Waals surface area contributed by atoms with E-state index in [0.29, 0.717) is 11.3 Å². The lowest BCUT2D eigenvalue weighted by molar-refractivity contribution is 0.0200. The van der Waals surface area contributed by atoms with E-state index in [1.165, 1.54) is 29.2 Å². The number of aliphatic hydroxyl groups is 1. The number of benzene rings is 1. The summed E-state index contributed by atoms with van der Waals surface area (Å²) in [5, 5.41) is 18.5. The van der Waals surface area contributed by atoms with Crippen molar-refractivity contribution in [3.8, 4) is 11.8 Å². The summed E-state index contributed by atoms with van der Waals surface area (Å²) >= 11 is 0. The van der Waals surface area contributed by atoms with E-state index in [1.54, 1.807) is 26.8 Å². The first kappa shape index (κ1) is 23.2. The Kier molecular flexibility index (Phi) is 6.75. The molecule has 168 valence electrons. The van der Waals surface area contributed by atoms with Crippen LogP contribution in [0, 0.1) is 23.0 Å². The van der Waals surface area contributed by atoms with Crippen LogP contribution in [-0.4, -0.2) is 45.9 Å². The molecule has 1 aromatic heterocycles. The molecule has 0 fully saturated rings. The number of halogens is 2. The van der Waals surface area contributed by atoms with Gasteiger partial charge in [-0.05, 0) is 56.7 Å². The number of nitrogens with zero attached hydrogens (tertiary/aromatic N) is 3. The lowest BCUT2D eigenvalue weighted by atomic mass is 10.1. The molecule has 1 aliphatic heterocycles. The number of hydrogen-bond donors (Lipinski definition) is 1. The van der Waals surface area contributed by atoms with Crippen molar-refractivity contribution in [1.29, 1.82) is 5.26 Å². The number of carbonyl (C=O) groups excluding carboxylic acids is 1. The van der Waals surface area contributed by atoms with Crippen LogP contribution in [0.3, 0.4) is 0 Å². The van der Waals surface area contributed by atoms with Gasteiger partial charge >= 0.3 is 6.09 Å². The van der Waals surface area contributed by atoms with Crippen molar-refractivity contribution in [2.45, 2.75) is 39.0 Å². The van der Waals surface area contributed by atoms with Gasteiger partial charge in [-0.15, -0.1) is 0 Å². The maximum Gasteiger partial charge on any atom is 0.411 e. The van der Waals surface area contributed by atoms with Crippen LogP contribution >= 0.6 is 0 Å². The maximum atomic E-state index is 14.3. The van der Waals surface area contributed by atoms with Gasteiger partial charge in [0.1, 0.15) is 23.7 Å². The van der Waals surface area contributed by atoms with Gasteiger partial charge in [0.2, 0.25) is 0 Å². The van der Waals surface area contributed by atoms with Crippen molar-refractivity contribution in [2.24, 2.45) is 0 Å². The molecule has 1 N–H and O–H groups in total. The second-order valence-corrected chi connectivity index (χ2v) is 8.22. The van der Waals surface area contributed by atoms with Gasteiger partial charge in [-0.3, -0.25) is 4.90 Å². The molecule has 0 bridgehead atoms. The van der Waals surface area contributed by atoms with Crippen LogP contribution in [0.4, 0.5) is 13.6 Å².